The van der Waals surface area contributed by atoms with Gasteiger partial charge in [0.15, 0.2) is 5.84 Å². The average Bonchev–Trinajstić information content (AvgIpc) is 3.27. The highest BCUT2D eigenvalue weighted by atomic mass is 14.8. The molecule has 0 saturated carbocycles. The number of aliphatic imine (C=N–C) groups is 1. The number of benzene rings is 10. The van der Waals surface area contributed by atoms with Crippen molar-refractivity contribution in [2.75, 3.05) is 0 Å². The van der Waals surface area contributed by atoms with Gasteiger partial charge in [-0.05, 0) is 99.9 Å². The van der Waals surface area contributed by atoms with Gasteiger partial charge in [-0.1, -0.05) is 194 Å². The molecular weight excluding hydrogens is 677 g/mol. The Hall–Kier alpha value is -7.42. The van der Waals surface area contributed by atoms with E-state index in [9.17, 15) is 0 Å². The summed E-state index contributed by atoms with van der Waals surface area (Å²) in [4.78, 5) is 5.00. The third-order valence-electron chi connectivity index (χ3n) is 10.9. The van der Waals surface area contributed by atoms with Crippen molar-refractivity contribution in [2.45, 2.75) is 0 Å². The van der Waals surface area contributed by atoms with Gasteiger partial charge in [0.05, 0.1) is 5.71 Å². The third kappa shape index (κ3) is 5.85. The summed E-state index contributed by atoms with van der Waals surface area (Å²) in [5.41, 5.74) is 8.29. The zero-order valence-corrected chi connectivity index (χ0v) is 30.7. The number of amidine groups is 1. The molecule has 10 aromatic rings. The summed E-state index contributed by atoms with van der Waals surface area (Å²) in [5.74, 6) is 0.218. The summed E-state index contributed by atoms with van der Waals surface area (Å²) >= 11 is 0. The topological polar surface area (TPSA) is 36.2 Å². The second-order valence-electron chi connectivity index (χ2n) is 14.2. The highest BCUT2D eigenvalue weighted by Crippen LogP contribution is 2.46. The van der Waals surface area contributed by atoms with Crippen LogP contribution in [0.15, 0.2) is 211 Å². The number of rotatable bonds is 6. The molecule has 0 aliphatic heterocycles. The minimum absolute atomic E-state index is 0.218. The van der Waals surface area contributed by atoms with Gasteiger partial charge in [0.1, 0.15) is 0 Å². The van der Waals surface area contributed by atoms with Crippen LogP contribution in [0.1, 0.15) is 16.7 Å². The van der Waals surface area contributed by atoms with Crippen LogP contribution in [0.3, 0.4) is 0 Å². The Morgan fingerprint density at radius 2 is 0.893 bits per heavy atom. The Labute approximate surface area is 325 Å². The predicted octanol–water partition coefficient (Wildman–Crippen LogP) is 14.3. The van der Waals surface area contributed by atoms with Crippen LogP contribution >= 0.6 is 0 Å². The first-order valence-electron chi connectivity index (χ1n) is 19.0. The second-order valence-corrected chi connectivity index (χ2v) is 14.2. The SMILES string of the molecule is N=C(N=C(/C=C/c1c2ccccc2c(-c2c3ccccc3cc3c2ccc2ccccc23)c2ccccc12)c1cccc(-c2ccccc2)c1)c1ccccc1. The predicted molar refractivity (Wildman–Crippen MR) is 240 cm³/mol. The van der Waals surface area contributed by atoms with Crippen LogP contribution in [0.5, 0.6) is 0 Å². The van der Waals surface area contributed by atoms with E-state index in [1.54, 1.807) is 0 Å². The minimum Gasteiger partial charge on any atom is -0.282 e. The summed E-state index contributed by atoms with van der Waals surface area (Å²) in [6, 6.07) is 70.6. The zero-order valence-electron chi connectivity index (χ0n) is 30.7. The maximum Gasteiger partial charge on any atom is 0.152 e. The van der Waals surface area contributed by atoms with E-state index < -0.39 is 0 Å². The fraction of sp³-hybridized carbons (Fsp3) is 0. The summed E-state index contributed by atoms with van der Waals surface area (Å²) in [6.45, 7) is 0. The molecule has 10 aromatic carbocycles. The van der Waals surface area contributed by atoms with Crippen LogP contribution in [0.25, 0.3) is 82.2 Å². The van der Waals surface area contributed by atoms with Gasteiger partial charge in [-0.2, -0.15) is 0 Å². The Kier molecular flexibility index (Phi) is 8.35. The molecule has 10 rings (SSSR count). The Balaban J connectivity index is 1.22. The van der Waals surface area contributed by atoms with Crippen molar-refractivity contribution in [3.8, 4) is 22.3 Å². The fourth-order valence-electron chi connectivity index (χ4n) is 8.33. The van der Waals surface area contributed by atoms with Crippen molar-refractivity contribution in [2.24, 2.45) is 4.99 Å². The van der Waals surface area contributed by atoms with Gasteiger partial charge in [0, 0.05) is 11.1 Å². The van der Waals surface area contributed by atoms with E-state index in [2.05, 4.69) is 176 Å². The lowest BCUT2D eigenvalue weighted by Crippen LogP contribution is -2.04. The van der Waals surface area contributed by atoms with Crippen molar-refractivity contribution < 1.29 is 0 Å². The van der Waals surface area contributed by atoms with Crippen LogP contribution in [-0.4, -0.2) is 11.5 Å². The molecule has 1 N–H and O–H groups in total. The number of nitrogens with one attached hydrogen (secondary N) is 1. The molecule has 0 radical (unpaired) electrons. The van der Waals surface area contributed by atoms with Crippen molar-refractivity contribution in [3.63, 3.8) is 0 Å². The first-order valence-corrected chi connectivity index (χ1v) is 19.0. The van der Waals surface area contributed by atoms with E-state index >= 15 is 0 Å². The molecule has 0 fully saturated rings. The van der Waals surface area contributed by atoms with Crippen LogP contribution in [0.4, 0.5) is 0 Å². The van der Waals surface area contributed by atoms with Crippen molar-refractivity contribution in [3.05, 3.63) is 223 Å². The van der Waals surface area contributed by atoms with E-state index in [0.717, 1.165) is 44.3 Å². The highest BCUT2D eigenvalue weighted by molar-refractivity contribution is 6.28. The molecule has 0 saturated heterocycles. The van der Waals surface area contributed by atoms with Crippen LogP contribution in [-0.2, 0) is 0 Å². The molecule has 0 atom stereocenters. The molecule has 0 amide bonds. The highest BCUT2D eigenvalue weighted by Gasteiger charge is 2.19. The fourth-order valence-corrected chi connectivity index (χ4v) is 8.33. The van der Waals surface area contributed by atoms with Crippen molar-refractivity contribution >= 4 is 71.5 Å². The van der Waals surface area contributed by atoms with Gasteiger partial charge in [0.2, 0.25) is 0 Å². The average molecular weight is 713 g/mol. The van der Waals surface area contributed by atoms with Gasteiger partial charge < -0.3 is 0 Å². The Morgan fingerprint density at radius 1 is 0.375 bits per heavy atom. The van der Waals surface area contributed by atoms with Crippen LogP contribution in [0, 0.1) is 5.41 Å². The largest absolute Gasteiger partial charge is 0.282 e. The molecule has 2 nitrogen and oxygen atoms in total. The molecule has 0 aliphatic rings. The normalized spacial score (nSPS) is 12.0. The molecular formula is C54H36N2. The number of allylic oxidation sites excluding steroid dienone is 1. The van der Waals surface area contributed by atoms with E-state index in [1.165, 1.54) is 54.2 Å². The van der Waals surface area contributed by atoms with Crippen molar-refractivity contribution in [1.29, 1.82) is 5.41 Å². The molecule has 56 heavy (non-hydrogen) atoms. The maximum absolute atomic E-state index is 9.06. The van der Waals surface area contributed by atoms with E-state index in [4.69, 9.17) is 10.4 Å². The third-order valence-corrected chi connectivity index (χ3v) is 10.9. The molecule has 0 aliphatic carbocycles. The summed E-state index contributed by atoms with van der Waals surface area (Å²) in [7, 11) is 0. The van der Waals surface area contributed by atoms with E-state index in [-0.39, 0.29) is 5.84 Å². The zero-order chi connectivity index (χ0) is 37.4. The minimum atomic E-state index is 0.218. The van der Waals surface area contributed by atoms with Gasteiger partial charge in [-0.25, -0.2) is 4.99 Å². The Bertz CT molecular complexity index is 3130. The van der Waals surface area contributed by atoms with E-state index in [0.29, 0.717) is 0 Å². The Morgan fingerprint density at radius 3 is 1.61 bits per heavy atom. The lowest BCUT2D eigenvalue weighted by atomic mass is 9.83. The summed E-state index contributed by atoms with van der Waals surface area (Å²) < 4.78 is 0. The number of hydrogen-bond donors (Lipinski definition) is 1. The van der Waals surface area contributed by atoms with Gasteiger partial charge in [-0.15, -0.1) is 0 Å². The van der Waals surface area contributed by atoms with Gasteiger partial charge in [0.25, 0.3) is 0 Å². The monoisotopic (exact) mass is 712 g/mol. The first kappa shape index (κ1) is 33.2. The molecule has 2 heteroatoms. The number of nitrogens with zero attached hydrogens (tertiary/aromatic N) is 1. The van der Waals surface area contributed by atoms with E-state index in [1.807, 2.05) is 36.4 Å². The summed E-state index contributed by atoms with van der Waals surface area (Å²) in [5, 5.41) is 21.2. The van der Waals surface area contributed by atoms with Crippen LogP contribution in [0.2, 0.25) is 0 Å². The molecule has 0 bridgehead atoms. The maximum atomic E-state index is 9.06. The summed E-state index contributed by atoms with van der Waals surface area (Å²) in [6.07, 6.45) is 4.30. The van der Waals surface area contributed by atoms with Gasteiger partial charge >= 0.3 is 0 Å². The lowest BCUT2D eigenvalue weighted by Gasteiger charge is -2.20. The lowest BCUT2D eigenvalue weighted by molar-refractivity contribution is 1.41. The molecule has 262 valence electrons. The number of hydrogen-bond acceptors (Lipinski definition) is 1. The smallest absolute Gasteiger partial charge is 0.152 e. The molecule has 0 aromatic heterocycles. The number of fused-ring (bicyclic) bond motifs is 6. The second kappa shape index (κ2) is 14.1. The first-order chi connectivity index (χ1) is 27.7. The molecule has 0 unspecified atom stereocenters. The van der Waals surface area contributed by atoms with Gasteiger partial charge in [-0.3, -0.25) is 5.41 Å². The van der Waals surface area contributed by atoms with Crippen molar-refractivity contribution in [1.82, 2.24) is 0 Å². The molecule has 0 spiro atoms. The quantitative estimate of drug-likeness (QED) is 0.0771. The standard InChI is InChI=1S/C54H36N2/c55-54(38-19-5-2-6-20-38)56-51(41-23-15-22-39(34-41)36-16-3-1-4-17-36)33-32-46-44-26-11-13-28-47(44)53(48-29-14-12-27-45(46)48)52-43-25-10-8-21-40(43)35-50-42-24-9-7-18-37(42)30-31-49(50)52/h1-35,55H/b33-32+,55-54?,56-51?. The van der Waals surface area contributed by atoms with Crippen LogP contribution < -0.4 is 0 Å². The molecule has 0 heterocycles.